The molecule has 2 amide bonds. The number of halogens is 1. The van der Waals surface area contributed by atoms with Gasteiger partial charge in [-0.05, 0) is 43.9 Å². The van der Waals surface area contributed by atoms with Crippen LogP contribution in [0.3, 0.4) is 0 Å². The molecule has 138 valence electrons. The molecule has 0 fully saturated rings. The third-order valence-corrected chi connectivity index (χ3v) is 4.02. The number of nitrogens with one attached hydrogen (secondary N) is 2. The molecule has 2 aromatic rings. The number of carbonyl (C=O) groups excluding carboxylic acids is 2. The molecule has 2 aromatic carbocycles. The lowest BCUT2D eigenvalue weighted by molar-refractivity contribution is -0.121. The van der Waals surface area contributed by atoms with Crippen LogP contribution in [0.5, 0.6) is 0 Å². The first-order chi connectivity index (χ1) is 12.5. The predicted octanol–water partition coefficient (Wildman–Crippen LogP) is 2.36. The lowest BCUT2D eigenvalue weighted by Crippen LogP contribution is -2.36. The molecule has 0 bridgehead atoms. The first-order valence-electron chi connectivity index (χ1n) is 8.49. The van der Waals surface area contributed by atoms with Crippen LogP contribution in [0.2, 0.25) is 0 Å². The molecule has 6 heteroatoms. The van der Waals surface area contributed by atoms with Crippen molar-refractivity contribution in [3.8, 4) is 0 Å². The minimum Gasteiger partial charge on any atom is -0.354 e. The van der Waals surface area contributed by atoms with E-state index in [0.717, 1.165) is 5.56 Å². The van der Waals surface area contributed by atoms with Crippen LogP contribution in [0, 0.1) is 5.82 Å². The molecule has 0 radical (unpaired) electrons. The van der Waals surface area contributed by atoms with Gasteiger partial charge < -0.3 is 15.5 Å². The highest BCUT2D eigenvalue weighted by molar-refractivity contribution is 5.94. The zero-order valence-electron chi connectivity index (χ0n) is 15.0. The molecule has 0 aliphatic heterocycles. The van der Waals surface area contributed by atoms with Crippen LogP contribution in [-0.2, 0) is 4.79 Å². The van der Waals surface area contributed by atoms with Crippen LogP contribution in [0.15, 0.2) is 54.6 Å². The van der Waals surface area contributed by atoms with E-state index in [1.54, 1.807) is 30.3 Å². The van der Waals surface area contributed by atoms with E-state index in [1.807, 2.05) is 31.1 Å². The minimum atomic E-state index is -0.302. The van der Waals surface area contributed by atoms with Gasteiger partial charge in [0.2, 0.25) is 5.91 Å². The fraction of sp³-hybridized carbons (Fsp3) is 0.300. The van der Waals surface area contributed by atoms with Crippen molar-refractivity contribution in [2.45, 2.75) is 12.5 Å². The molecule has 26 heavy (non-hydrogen) atoms. The lowest BCUT2D eigenvalue weighted by atomic mass is 10.1. The number of hydrogen-bond acceptors (Lipinski definition) is 3. The van der Waals surface area contributed by atoms with Gasteiger partial charge in [-0.15, -0.1) is 0 Å². The second kappa shape index (κ2) is 9.68. The third-order valence-electron chi connectivity index (χ3n) is 4.02. The van der Waals surface area contributed by atoms with E-state index in [-0.39, 0.29) is 36.6 Å². The zero-order valence-corrected chi connectivity index (χ0v) is 15.0. The van der Waals surface area contributed by atoms with Gasteiger partial charge in [0.25, 0.3) is 5.91 Å². The quantitative estimate of drug-likeness (QED) is 0.762. The molecule has 0 aliphatic carbocycles. The molecule has 1 unspecified atom stereocenters. The van der Waals surface area contributed by atoms with E-state index in [4.69, 9.17) is 0 Å². The number of likely N-dealkylation sites (N-methyl/N-ethyl adjacent to an activating group) is 1. The summed E-state index contributed by atoms with van der Waals surface area (Å²) in [6.45, 7) is 0.619. The molecule has 1 atom stereocenters. The maximum absolute atomic E-state index is 13.4. The van der Waals surface area contributed by atoms with Gasteiger partial charge in [0, 0.05) is 25.1 Å². The Kier molecular flexibility index (Phi) is 7.29. The van der Waals surface area contributed by atoms with Crippen molar-refractivity contribution in [1.82, 2.24) is 15.5 Å². The Morgan fingerprint density at radius 2 is 1.77 bits per heavy atom. The van der Waals surface area contributed by atoms with Crippen LogP contribution < -0.4 is 10.6 Å². The van der Waals surface area contributed by atoms with E-state index in [1.165, 1.54) is 12.1 Å². The van der Waals surface area contributed by atoms with Crippen LogP contribution in [0.4, 0.5) is 4.39 Å². The summed E-state index contributed by atoms with van der Waals surface area (Å²) in [6.07, 6.45) is 0.182. The molecule has 0 saturated heterocycles. The Morgan fingerprint density at radius 1 is 1.04 bits per heavy atom. The molecule has 2 rings (SSSR count). The van der Waals surface area contributed by atoms with Gasteiger partial charge in [-0.25, -0.2) is 4.39 Å². The van der Waals surface area contributed by atoms with E-state index in [0.29, 0.717) is 12.1 Å². The summed E-state index contributed by atoms with van der Waals surface area (Å²) >= 11 is 0. The number of benzene rings is 2. The molecule has 5 nitrogen and oxygen atoms in total. The highest BCUT2D eigenvalue weighted by atomic mass is 19.1. The average Bonchev–Trinajstić information content (AvgIpc) is 2.62. The summed E-state index contributed by atoms with van der Waals surface area (Å²) in [4.78, 5) is 25.9. The second-order valence-corrected chi connectivity index (χ2v) is 6.21. The monoisotopic (exact) mass is 357 g/mol. The summed E-state index contributed by atoms with van der Waals surface area (Å²) in [5.74, 6) is -0.671. The number of hydrogen-bond donors (Lipinski definition) is 2. The second-order valence-electron chi connectivity index (χ2n) is 6.21. The number of carbonyl (C=O) groups is 2. The van der Waals surface area contributed by atoms with Gasteiger partial charge in [-0.3, -0.25) is 9.59 Å². The first kappa shape index (κ1) is 19.6. The molecule has 0 saturated carbocycles. The van der Waals surface area contributed by atoms with Crippen LogP contribution in [-0.4, -0.2) is 43.9 Å². The van der Waals surface area contributed by atoms with Gasteiger partial charge in [0.15, 0.2) is 0 Å². The zero-order chi connectivity index (χ0) is 18.9. The number of rotatable bonds is 8. The molecule has 0 heterocycles. The van der Waals surface area contributed by atoms with Crippen LogP contribution in [0.1, 0.15) is 28.4 Å². The van der Waals surface area contributed by atoms with E-state index in [2.05, 4.69) is 10.6 Å². The SMILES string of the molecule is CN(C)C(CNC(=O)CCNC(=O)c1ccccc1)c1cccc(F)c1. The molecule has 0 spiro atoms. The van der Waals surface area contributed by atoms with Gasteiger partial charge >= 0.3 is 0 Å². The molecular weight excluding hydrogens is 333 g/mol. The van der Waals surface area contributed by atoms with Gasteiger partial charge in [0.05, 0.1) is 6.04 Å². The largest absolute Gasteiger partial charge is 0.354 e. The summed E-state index contributed by atoms with van der Waals surface area (Å²) in [5.41, 5.74) is 1.36. The average molecular weight is 357 g/mol. The van der Waals surface area contributed by atoms with Crippen LogP contribution in [0.25, 0.3) is 0 Å². The maximum Gasteiger partial charge on any atom is 0.251 e. The minimum absolute atomic E-state index is 0.131. The van der Waals surface area contributed by atoms with Gasteiger partial charge in [-0.2, -0.15) is 0 Å². The van der Waals surface area contributed by atoms with E-state index < -0.39 is 0 Å². The van der Waals surface area contributed by atoms with E-state index in [9.17, 15) is 14.0 Å². The Bertz CT molecular complexity index is 735. The van der Waals surface area contributed by atoms with Crippen molar-refractivity contribution >= 4 is 11.8 Å². The normalized spacial score (nSPS) is 11.8. The standard InChI is InChI=1S/C20H24FN3O2/c1-24(2)18(16-9-6-10-17(21)13-16)14-23-19(25)11-12-22-20(26)15-7-4-3-5-8-15/h3-10,13,18H,11-12,14H2,1-2H3,(H,22,26)(H,23,25). The van der Waals surface area contributed by atoms with Crippen molar-refractivity contribution in [3.05, 3.63) is 71.5 Å². The predicted molar refractivity (Wildman–Crippen MR) is 99.2 cm³/mol. The Balaban J connectivity index is 1.79. The van der Waals surface area contributed by atoms with Crippen LogP contribution >= 0.6 is 0 Å². The van der Waals surface area contributed by atoms with Crippen molar-refractivity contribution < 1.29 is 14.0 Å². The highest BCUT2D eigenvalue weighted by Gasteiger charge is 2.16. The summed E-state index contributed by atoms with van der Waals surface area (Å²) < 4.78 is 13.4. The first-order valence-corrected chi connectivity index (χ1v) is 8.49. The molecular formula is C20H24FN3O2. The summed E-state index contributed by atoms with van der Waals surface area (Å²) in [6, 6.07) is 15.1. The fourth-order valence-corrected chi connectivity index (χ4v) is 2.59. The Labute approximate surface area is 153 Å². The topological polar surface area (TPSA) is 61.4 Å². The third kappa shape index (κ3) is 5.97. The van der Waals surface area contributed by atoms with Crippen molar-refractivity contribution in [1.29, 1.82) is 0 Å². The number of nitrogens with zero attached hydrogens (tertiary/aromatic N) is 1. The lowest BCUT2D eigenvalue weighted by Gasteiger charge is -2.25. The molecule has 0 aliphatic rings. The maximum atomic E-state index is 13.4. The van der Waals surface area contributed by atoms with Crippen molar-refractivity contribution in [2.75, 3.05) is 27.2 Å². The van der Waals surface area contributed by atoms with Gasteiger partial charge in [-0.1, -0.05) is 30.3 Å². The summed E-state index contributed by atoms with van der Waals surface area (Å²) in [7, 11) is 3.75. The van der Waals surface area contributed by atoms with E-state index >= 15 is 0 Å². The summed E-state index contributed by atoms with van der Waals surface area (Å²) in [5, 5.41) is 5.56. The number of amides is 2. The van der Waals surface area contributed by atoms with Crippen molar-refractivity contribution in [3.63, 3.8) is 0 Å². The highest BCUT2D eigenvalue weighted by Crippen LogP contribution is 2.18. The van der Waals surface area contributed by atoms with Gasteiger partial charge in [0.1, 0.15) is 5.82 Å². The Morgan fingerprint density at radius 3 is 2.42 bits per heavy atom. The smallest absolute Gasteiger partial charge is 0.251 e. The molecule has 2 N–H and O–H groups in total. The molecule has 0 aromatic heterocycles. The Hall–Kier alpha value is -2.73. The van der Waals surface area contributed by atoms with Crippen molar-refractivity contribution in [2.24, 2.45) is 0 Å². The fourth-order valence-electron chi connectivity index (χ4n) is 2.59.